The number of ether oxygens (including phenoxy) is 1. The molecule has 2 aromatic carbocycles. The Balaban J connectivity index is 1.40. The van der Waals surface area contributed by atoms with E-state index in [2.05, 4.69) is 0 Å². The third kappa shape index (κ3) is 3.69. The molecule has 5 nitrogen and oxygen atoms in total. The van der Waals surface area contributed by atoms with Crippen molar-refractivity contribution in [1.29, 1.82) is 0 Å². The lowest BCUT2D eigenvalue weighted by Gasteiger charge is -2.35. The highest BCUT2D eigenvalue weighted by atomic mass is 35.5. The zero-order valence-electron chi connectivity index (χ0n) is 14.7. The smallest absolute Gasteiger partial charge is 0.254 e. The Hall–Kier alpha value is -2.79. The maximum atomic E-state index is 12.8. The van der Waals surface area contributed by atoms with E-state index in [1.165, 1.54) is 0 Å². The average molecular weight is 383 g/mol. The lowest BCUT2D eigenvalue weighted by atomic mass is 10.1. The number of halogens is 1. The maximum absolute atomic E-state index is 12.8. The topological polar surface area (TPSA) is 49.9 Å². The lowest BCUT2D eigenvalue weighted by Crippen LogP contribution is -2.51. The molecule has 0 aromatic heterocycles. The number of hydrogen-bond donors (Lipinski definition) is 0. The van der Waals surface area contributed by atoms with Crippen LogP contribution in [0, 0.1) is 0 Å². The molecule has 6 heteroatoms. The summed E-state index contributed by atoms with van der Waals surface area (Å²) in [5, 5.41) is 0.541. The van der Waals surface area contributed by atoms with Crippen LogP contribution in [0.25, 0.3) is 6.08 Å². The highest BCUT2D eigenvalue weighted by Gasteiger charge is 2.28. The van der Waals surface area contributed by atoms with Gasteiger partial charge in [-0.25, -0.2) is 0 Å². The molecule has 2 aromatic rings. The van der Waals surface area contributed by atoms with Gasteiger partial charge in [0.15, 0.2) is 0 Å². The van der Waals surface area contributed by atoms with Crippen LogP contribution in [0.3, 0.4) is 0 Å². The molecular formula is C21H19ClN2O3. The Bertz CT molecular complexity index is 917. The number of hydrogen-bond acceptors (Lipinski definition) is 3. The number of rotatable bonds is 2. The van der Waals surface area contributed by atoms with Gasteiger partial charge in [-0.1, -0.05) is 35.9 Å². The summed E-state index contributed by atoms with van der Waals surface area (Å²) in [6.45, 7) is 2.29. The van der Waals surface area contributed by atoms with Crippen LogP contribution in [0.2, 0.25) is 5.02 Å². The number of benzene rings is 2. The van der Waals surface area contributed by atoms with Crippen molar-refractivity contribution < 1.29 is 14.3 Å². The van der Waals surface area contributed by atoms with E-state index in [0.29, 0.717) is 42.3 Å². The molecule has 27 heavy (non-hydrogen) atoms. The van der Waals surface area contributed by atoms with E-state index >= 15 is 0 Å². The standard InChI is InChI=1S/C21H19ClN2O3/c22-18-6-3-5-16(13-18)20(25)23-8-10-24(11-9-23)21(26)17-12-15-4-1-2-7-19(15)27-14-17/h1-7,12-13H,8-11,14H2. The first-order chi connectivity index (χ1) is 13.1. The van der Waals surface area contributed by atoms with E-state index in [-0.39, 0.29) is 18.4 Å². The van der Waals surface area contributed by atoms with Crippen LogP contribution in [0.4, 0.5) is 0 Å². The fraction of sp³-hybridized carbons (Fsp3) is 0.238. The fourth-order valence-corrected chi connectivity index (χ4v) is 3.55. The molecule has 0 spiro atoms. The van der Waals surface area contributed by atoms with Crippen LogP contribution in [-0.4, -0.2) is 54.4 Å². The Kier molecular flexibility index (Phi) is 4.86. The van der Waals surface area contributed by atoms with Gasteiger partial charge in [0.2, 0.25) is 0 Å². The van der Waals surface area contributed by atoms with Crippen molar-refractivity contribution in [3.63, 3.8) is 0 Å². The number of carbonyl (C=O) groups is 2. The predicted molar refractivity (Wildman–Crippen MR) is 104 cm³/mol. The van der Waals surface area contributed by atoms with Gasteiger partial charge in [-0.05, 0) is 30.3 Å². The van der Waals surface area contributed by atoms with E-state index in [1.54, 1.807) is 34.1 Å². The zero-order chi connectivity index (χ0) is 18.8. The first-order valence-electron chi connectivity index (χ1n) is 8.88. The molecule has 0 unspecified atom stereocenters. The number of carbonyl (C=O) groups excluding carboxylic acids is 2. The minimum absolute atomic E-state index is 0.0284. The molecule has 2 heterocycles. The highest BCUT2D eigenvalue weighted by Crippen LogP contribution is 2.26. The average Bonchev–Trinajstić information content (AvgIpc) is 2.72. The van der Waals surface area contributed by atoms with Gasteiger partial charge in [-0.15, -0.1) is 0 Å². The Morgan fingerprint density at radius 1 is 0.889 bits per heavy atom. The van der Waals surface area contributed by atoms with Crippen molar-refractivity contribution in [3.05, 3.63) is 70.3 Å². The van der Waals surface area contributed by atoms with Crippen LogP contribution in [0.5, 0.6) is 5.75 Å². The summed E-state index contributed by atoms with van der Waals surface area (Å²) < 4.78 is 5.68. The van der Waals surface area contributed by atoms with E-state index in [1.807, 2.05) is 30.3 Å². The molecule has 0 N–H and O–H groups in total. The first kappa shape index (κ1) is 17.6. The third-order valence-corrected chi connectivity index (χ3v) is 5.07. The molecule has 4 rings (SSSR count). The number of para-hydroxylation sites is 1. The highest BCUT2D eigenvalue weighted by molar-refractivity contribution is 6.30. The summed E-state index contributed by atoms with van der Waals surface area (Å²) in [6.07, 6.45) is 1.89. The van der Waals surface area contributed by atoms with Gasteiger partial charge < -0.3 is 14.5 Å². The minimum Gasteiger partial charge on any atom is -0.488 e. The number of amides is 2. The van der Waals surface area contributed by atoms with Crippen molar-refractivity contribution in [3.8, 4) is 5.75 Å². The summed E-state index contributed by atoms with van der Waals surface area (Å²) in [4.78, 5) is 29.0. The maximum Gasteiger partial charge on any atom is 0.254 e. The van der Waals surface area contributed by atoms with Crippen molar-refractivity contribution in [1.82, 2.24) is 9.80 Å². The molecule has 1 fully saturated rings. The molecule has 0 aliphatic carbocycles. The van der Waals surface area contributed by atoms with E-state index in [0.717, 1.165) is 11.3 Å². The SMILES string of the molecule is O=C(C1=Cc2ccccc2OC1)N1CCN(C(=O)c2cccc(Cl)c2)CC1. The van der Waals surface area contributed by atoms with E-state index < -0.39 is 0 Å². The normalized spacial score (nSPS) is 16.3. The van der Waals surface area contributed by atoms with Gasteiger partial charge in [0, 0.05) is 42.3 Å². The summed E-state index contributed by atoms with van der Waals surface area (Å²) >= 11 is 5.97. The molecular weight excluding hydrogens is 364 g/mol. The summed E-state index contributed by atoms with van der Waals surface area (Å²) in [5.74, 6) is 0.712. The number of nitrogens with zero attached hydrogens (tertiary/aromatic N) is 2. The first-order valence-corrected chi connectivity index (χ1v) is 9.26. The fourth-order valence-electron chi connectivity index (χ4n) is 3.36. The predicted octanol–water partition coefficient (Wildman–Crippen LogP) is 3.10. The Morgan fingerprint density at radius 2 is 1.59 bits per heavy atom. The van der Waals surface area contributed by atoms with Gasteiger partial charge in [0.05, 0.1) is 5.57 Å². The third-order valence-electron chi connectivity index (χ3n) is 4.83. The van der Waals surface area contributed by atoms with Crippen LogP contribution >= 0.6 is 11.6 Å². The number of fused-ring (bicyclic) bond motifs is 1. The molecule has 2 aliphatic rings. The summed E-state index contributed by atoms with van der Waals surface area (Å²) in [6, 6.07) is 14.6. The second-order valence-electron chi connectivity index (χ2n) is 6.59. The molecule has 0 saturated carbocycles. The van der Waals surface area contributed by atoms with Crippen LogP contribution in [0.1, 0.15) is 15.9 Å². The van der Waals surface area contributed by atoms with Crippen molar-refractivity contribution in [2.45, 2.75) is 0 Å². The largest absolute Gasteiger partial charge is 0.488 e. The quantitative estimate of drug-likeness (QED) is 0.802. The van der Waals surface area contributed by atoms with Crippen molar-refractivity contribution in [2.24, 2.45) is 0 Å². The molecule has 1 saturated heterocycles. The van der Waals surface area contributed by atoms with Gasteiger partial charge in [-0.3, -0.25) is 9.59 Å². The van der Waals surface area contributed by atoms with Crippen molar-refractivity contribution in [2.75, 3.05) is 32.8 Å². The molecule has 138 valence electrons. The molecule has 2 amide bonds. The Labute approximate surface area is 162 Å². The van der Waals surface area contributed by atoms with Crippen LogP contribution in [0.15, 0.2) is 54.1 Å². The molecule has 0 bridgehead atoms. The zero-order valence-corrected chi connectivity index (χ0v) is 15.5. The monoisotopic (exact) mass is 382 g/mol. The minimum atomic E-state index is -0.0567. The second-order valence-corrected chi connectivity index (χ2v) is 7.03. The molecule has 0 atom stereocenters. The van der Waals surface area contributed by atoms with Crippen LogP contribution < -0.4 is 4.74 Å². The second kappa shape index (κ2) is 7.45. The molecule has 2 aliphatic heterocycles. The van der Waals surface area contributed by atoms with Gasteiger partial charge in [0.1, 0.15) is 12.4 Å². The van der Waals surface area contributed by atoms with Crippen molar-refractivity contribution >= 4 is 29.5 Å². The summed E-state index contributed by atoms with van der Waals surface area (Å²) in [7, 11) is 0. The van der Waals surface area contributed by atoms with Crippen LogP contribution in [-0.2, 0) is 4.79 Å². The summed E-state index contributed by atoms with van der Waals surface area (Å²) in [5.41, 5.74) is 2.13. The van der Waals surface area contributed by atoms with E-state index in [4.69, 9.17) is 16.3 Å². The molecule has 0 radical (unpaired) electrons. The van der Waals surface area contributed by atoms with Gasteiger partial charge in [-0.2, -0.15) is 0 Å². The Morgan fingerprint density at radius 3 is 2.33 bits per heavy atom. The van der Waals surface area contributed by atoms with Gasteiger partial charge in [0.25, 0.3) is 11.8 Å². The van der Waals surface area contributed by atoms with E-state index in [9.17, 15) is 9.59 Å². The lowest BCUT2D eigenvalue weighted by molar-refractivity contribution is -0.128. The number of piperazine rings is 1. The van der Waals surface area contributed by atoms with Gasteiger partial charge >= 0.3 is 0 Å².